The Bertz CT molecular complexity index is 752. The molecule has 10 heteroatoms. The van der Waals surface area contributed by atoms with E-state index >= 15 is 0 Å². The smallest absolute Gasteiger partial charge is 0.408 e. The first-order chi connectivity index (χ1) is 14.8. The standard InChI is InChI=1S/C21H32F2N5O2P/c1-17(24)20(16-25-18-2-4-19(5-3-18)30-21(22,23)31)28-10-8-26(9-11-28)6-7-27-12-14-29-15-13-27/h2-5,16H,6-15,24,31H2,1H3/b20-17+,25-16?. The highest BCUT2D eigenvalue weighted by Gasteiger charge is 2.23. The first-order valence-electron chi connectivity index (χ1n) is 10.5. The zero-order valence-corrected chi connectivity index (χ0v) is 19.1. The first kappa shape index (κ1) is 23.9. The molecule has 0 spiro atoms. The fraction of sp³-hybridized carbons (Fsp3) is 0.571. The largest absolute Gasteiger partial charge is 0.430 e. The SMILES string of the molecule is C/C(N)=C(/C=Nc1ccc(OC(F)(F)P)cc1)N1CCN(CCN2CCOCC2)CC1. The molecule has 0 aromatic heterocycles. The van der Waals surface area contributed by atoms with E-state index in [1.54, 1.807) is 18.3 Å². The summed E-state index contributed by atoms with van der Waals surface area (Å²) in [4.78, 5) is 11.7. The topological polar surface area (TPSA) is 66.6 Å². The summed E-state index contributed by atoms with van der Waals surface area (Å²) in [6, 6.07) is 6.21. The number of allylic oxidation sites excluding steroid dienone is 2. The lowest BCUT2D eigenvalue weighted by Gasteiger charge is -2.38. The number of piperazine rings is 1. The molecule has 172 valence electrons. The summed E-state index contributed by atoms with van der Waals surface area (Å²) in [6.45, 7) is 11.4. The highest BCUT2D eigenvalue weighted by molar-refractivity contribution is 7.17. The van der Waals surface area contributed by atoms with E-state index in [9.17, 15) is 8.78 Å². The molecule has 1 unspecified atom stereocenters. The highest BCUT2D eigenvalue weighted by atomic mass is 31.0. The molecule has 2 saturated heterocycles. The monoisotopic (exact) mass is 455 g/mol. The molecular formula is C21H32F2N5O2P. The van der Waals surface area contributed by atoms with Crippen LogP contribution in [0, 0.1) is 0 Å². The number of ether oxygens (including phenoxy) is 2. The molecular weight excluding hydrogens is 423 g/mol. The molecule has 1 aromatic carbocycles. The molecule has 1 aromatic rings. The lowest BCUT2D eigenvalue weighted by atomic mass is 10.2. The third kappa shape index (κ3) is 8.00. The molecule has 0 bridgehead atoms. The van der Waals surface area contributed by atoms with Crippen molar-refractivity contribution in [3.8, 4) is 5.75 Å². The second-order valence-corrected chi connectivity index (χ2v) is 8.44. The summed E-state index contributed by atoms with van der Waals surface area (Å²) in [5.41, 5.74) is 8.36. The Hall–Kier alpha value is -1.80. The average Bonchev–Trinajstić information content (AvgIpc) is 2.74. The highest BCUT2D eigenvalue weighted by Crippen LogP contribution is 2.28. The van der Waals surface area contributed by atoms with Crippen LogP contribution in [0.25, 0.3) is 0 Å². The quantitative estimate of drug-likeness (QED) is 0.480. The number of nitrogens with zero attached hydrogens (tertiary/aromatic N) is 4. The lowest BCUT2D eigenvalue weighted by molar-refractivity contribution is -0.0892. The van der Waals surface area contributed by atoms with Crippen molar-refractivity contribution in [2.24, 2.45) is 10.7 Å². The van der Waals surface area contributed by atoms with Gasteiger partial charge < -0.3 is 20.1 Å². The molecule has 7 nitrogen and oxygen atoms in total. The summed E-state index contributed by atoms with van der Waals surface area (Å²) in [5.74, 6) is -3.21. The fourth-order valence-corrected chi connectivity index (χ4v) is 3.78. The zero-order valence-electron chi connectivity index (χ0n) is 18.0. The molecule has 2 aliphatic rings. The Morgan fingerprint density at radius 2 is 1.68 bits per heavy atom. The molecule has 0 saturated carbocycles. The minimum atomic E-state index is -3.29. The molecule has 2 aliphatic heterocycles. The van der Waals surface area contributed by atoms with E-state index in [2.05, 4.69) is 24.4 Å². The van der Waals surface area contributed by atoms with Gasteiger partial charge in [0.15, 0.2) is 0 Å². The summed E-state index contributed by atoms with van der Waals surface area (Å²) in [7, 11) is 1.35. The van der Waals surface area contributed by atoms with E-state index in [0.717, 1.165) is 71.3 Å². The fourth-order valence-electron chi connectivity index (χ4n) is 3.65. The van der Waals surface area contributed by atoms with Crippen molar-refractivity contribution in [1.29, 1.82) is 0 Å². The third-order valence-electron chi connectivity index (χ3n) is 5.38. The number of rotatable bonds is 8. The van der Waals surface area contributed by atoms with Crippen LogP contribution in [0.2, 0.25) is 0 Å². The Kier molecular flexibility index (Phi) is 8.60. The van der Waals surface area contributed by atoms with Crippen molar-refractivity contribution < 1.29 is 18.3 Å². The van der Waals surface area contributed by atoms with E-state index < -0.39 is 5.85 Å². The molecule has 2 fully saturated rings. The Morgan fingerprint density at radius 1 is 1.10 bits per heavy atom. The zero-order chi connectivity index (χ0) is 22.3. The van der Waals surface area contributed by atoms with Crippen LogP contribution in [-0.4, -0.2) is 92.3 Å². The second-order valence-electron chi connectivity index (χ2n) is 7.77. The van der Waals surface area contributed by atoms with Crippen LogP contribution >= 0.6 is 9.24 Å². The number of aliphatic imine (C=N–C) groups is 1. The minimum Gasteiger partial charge on any atom is -0.430 e. The minimum absolute atomic E-state index is 0.0814. The van der Waals surface area contributed by atoms with E-state index in [-0.39, 0.29) is 5.75 Å². The maximum Gasteiger partial charge on any atom is 0.408 e. The van der Waals surface area contributed by atoms with Crippen LogP contribution in [0.1, 0.15) is 6.92 Å². The normalized spacial score (nSPS) is 20.2. The van der Waals surface area contributed by atoms with Gasteiger partial charge in [0.2, 0.25) is 0 Å². The summed E-state index contributed by atoms with van der Waals surface area (Å²) >= 11 is 0. The van der Waals surface area contributed by atoms with Crippen molar-refractivity contribution in [3.05, 3.63) is 35.7 Å². The number of halogens is 2. The summed E-state index contributed by atoms with van der Waals surface area (Å²) < 4.78 is 35.7. The van der Waals surface area contributed by atoms with E-state index in [4.69, 9.17) is 10.5 Å². The number of hydrogen-bond acceptors (Lipinski definition) is 7. The average molecular weight is 455 g/mol. The Morgan fingerprint density at radius 3 is 2.23 bits per heavy atom. The molecule has 31 heavy (non-hydrogen) atoms. The molecule has 0 radical (unpaired) electrons. The second kappa shape index (κ2) is 11.2. The Labute approximate surface area is 185 Å². The van der Waals surface area contributed by atoms with Gasteiger partial charge in [-0.15, -0.1) is 0 Å². The van der Waals surface area contributed by atoms with E-state index in [1.807, 2.05) is 6.92 Å². The summed E-state index contributed by atoms with van der Waals surface area (Å²) in [5, 5.41) is 0. The lowest BCUT2D eigenvalue weighted by Crippen LogP contribution is -2.49. The number of alkyl halides is 2. The van der Waals surface area contributed by atoms with Crippen LogP contribution in [0.3, 0.4) is 0 Å². The van der Waals surface area contributed by atoms with Gasteiger partial charge in [0, 0.05) is 58.1 Å². The van der Waals surface area contributed by atoms with E-state index in [1.165, 1.54) is 21.4 Å². The van der Waals surface area contributed by atoms with Crippen LogP contribution in [0.15, 0.2) is 40.7 Å². The number of hydrogen-bond donors (Lipinski definition) is 1. The van der Waals surface area contributed by atoms with Crippen molar-refractivity contribution in [2.75, 3.05) is 65.6 Å². The van der Waals surface area contributed by atoms with Crippen LogP contribution in [-0.2, 0) is 4.74 Å². The van der Waals surface area contributed by atoms with Gasteiger partial charge in [0.25, 0.3) is 0 Å². The number of benzene rings is 1. The van der Waals surface area contributed by atoms with Crippen molar-refractivity contribution >= 4 is 21.1 Å². The summed E-state index contributed by atoms with van der Waals surface area (Å²) in [6.07, 6.45) is 1.75. The maximum atomic E-state index is 12.9. The molecule has 2 N–H and O–H groups in total. The van der Waals surface area contributed by atoms with E-state index in [0.29, 0.717) is 11.4 Å². The van der Waals surface area contributed by atoms with Gasteiger partial charge in [-0.1, -0.05) is 0 Å². The van der Waals surface area contributed by atoms with Gasteiger partial charge in [-0.05, 0) is 40.4 Å². The van der Waals surface area contributed by atoms with Crippen LogP contribution < -0.4 is 10.5 Å². The Balaban J connectivity index is 1.50. The van der Waals surface area contributed by atoms with Crippen LogP contribution in [0.4, 0.5) is 14.5 Å². The van der Waals surface area contributed by atoms with Crippen molar-refractivity contribution in [1.82, 2.24) is 14.7 Å². The predicted molar refractivity (Wildman–Crippen MR) is 122 cm³/mol. The molecule has 0 aliphatic carbocycles. The number of nitrogens with two attached hydrogens (primary N) is 1. The third-order valence-corrected chi connectivity index (χ3v) is 5.50. The predicted octanol–water partition coefficient (Wildman–Crippen LogP) is 2.33. The van der Waals surface area contributed by atoms with Gasteiger partial charge >= 0.3 is 5.85 Å². The van der Waals surface area contributed by atoms with Gasteiger partial charge in [0.05, 0.1) is 30.8 Å². The van der Waals surface area contributed by atoms with Gasteiger partial charge in [-0.3, -0.25) is 14.8 Å². The maximum absolute atomic E-state index is 12.9. The molecule has 0 amide bonds. The van der Waals surface area contributed by atoms with Crippen molar-refractivity contribution in [2.45, 2.75) is 12.8 Å². The van der Waals surface area contributed by atoms with Crippen LogP contribution in [0.5, 0.6) is 5.75 Å². The van der Waals surface area contributed by atoms with Crippen molar-refractivity contribution in [3.63, 3.8) is 0 Å². The molecule has 1 atom stereocenters. The first-order valence-corrected chi connectivity index (χ1v) is 11.1. The molecule has 3 rings (SSSR count). The molecule has 2 heterocycles. The van der Waals surface area contributed by atoms with Gasteiger partial charge in [-0.25, -0.2) is 0 Å². The van der Waals surface area contributed by atoms with Gasteiger partial charge in [0.1, 0.15) is 5.75 Å². The van der Waals surface area contributed by atoms with Gasteiger partial charge in [-0.2, -0.15) is 8.78 Å². The number of morpholine rings is 1.